The van der Waals surface area contributed by atoms with Crippen LogP contribution in [0.2, 0.25) is 0 Å². The highest BCUT2D eigenvalue weighted by Gasteiger charge is 2.35. The number of rotatable bonds is 2. The molecular formula is C13H15N3O3. The van der Waals surface area contributed by atoms with Crippen molar-refractivity contribution in [2.24, 2.45) is 0 Å². The highest BCUT2D eigenvalue weighted by atomic mass is 16.2. The van der Waals surface area contributed by atoms with Crippen molar-refractivity contribution >= 4 is 23.4 Å². The van der Waals surface area contributed by atoms with Crippen LogP contribution in [0.3, 0.4) is 0 Å². The van der Waals surface area contributed by atoms with Gasteiger partial charge in [-0.1, -0.05) is 6.92 Å². The van der Waals surface area contributed by atoms with Crippen LogP contribution in [0.1, 0.15) is 23.7 Å². The average molecular weight is 261 g/mol. The molecule has 1 aromatic carbocycles. The molecule has 19 heavy (non-hydrogen) atoms. The van der Waals surface area contributed by atoms with E-state index in [1.54, 1.807) is 31.2 Å². The van der Waals surface area contributed by atoms with E-state index < -0.39 is 17.9 Å². The fourth-order valence-electron chi connectivity index (χ4n) is 2.08. The molecule has 1 aliphatic rings. The van der Waals surface area contributed by atoms with Crippen molar-refractivity contribution in [2.75, 3.05) is 12.3 Å². The van der Waals surface area contributed by atoms with E-state index in [1.807, 2.05) is 0 Å². The summed E-state index contributed by atoms with van der Waals surface area (Å²) in [5, 5.41) is 2.23. The van der Waals surface area contributed by atoms with Gasteiger partial charge in [0.25, 0.3) is 5.91 Å². The standard InChI is InChI=1S/C13H15N3O3/c1-2-10-12(18)15-11(17)7-16(10)13(19)8-3-5-9(14)6-4-8/h3-6,10H,2,7,14H2,1H3,(H,15,17,18). The second kappa shape index (κ2) is 5.09. The molecule has 0 bridgehead atoms. The smallest absolute Gasteiger partial charge is 0.255 e. The largest absolute Gasteiger partial charge is 0.399 e. The highest BCUT2D eigenvalue weighted by molar-refractivity contribution is 6.07. The molecule has 1 atom stereocenters. The van der Waals surface area contributed by atoms with Crippen LogP contribution < -0.4 is 11.1 Å². The molecule has 1 fully saturated rings. The van der Waals surface area contributed by atoms with Gasteiger partial charge in [-0.3, -0.25) is 19.7 Å². The van der Waals surface area contributed by atoms with Gasteiger partial charge in [-0.25, -0.2) is 0 Å². The summed E-state index contributed by atoms with van der Waals surface area (Å²) in [5.41, 5.74) is 6.52. The van der Waals surface area contributed by atoms with Gasteiger partial charge in [0.05, 0.1) is 0 Å². The van der Waals surface area contributed by atoms with Gasteiger partial charge in [0.1, 0.15) is 12.6 Å². The van der Waals surface area contributed by atoms with Crippen molar-refractivity contribution in [3.05, 3.63) is 29.8 Å². The Balaban J connectivity index is 2.27. The Morgan fingerprint density at radius 3 is 2.58 bits per heavy atom. The number of imide groups is 1. The van der Waals surface area contributed by atoms with E-state index in [2.05, 4.69) is 5.32 Å². The predicted octanol–water partition coefficient (Wildman–Crippen LogP) is 0.146. The normalized spacial score (nSPS) is 19.2. The Kier molecular flexibility index (Phi) is 3.50. The minimum absolute atomic E-state index is 0.104. The molecule has 6 heteroatoms. The minimum Gasteiger partial charge on any atom is -0.399 e. The lowest BCUT2D eigenvalue weighted by molar-refractivity contribution is -0.138. The number of piperazine rings is 1. The Bertz CT molecular complexity index is 524. The topological polar surface area (TPSA) is 92.5 Å². The van der Waals surface area contributed by atoms with Gasteiger partial charge >= 0.3 is 0 Å². The van der Waals surface area contributed by atoms with Crippen LogP contribution >= 0.6 is 0 Å². The molecule has 1 saturated heterocycles. The van der Waals surface area contributed by atoms with Crippen LogP contribution in [0, 0.1) is 0 Å². The summed E-state index contributed by atoms with van der Waals surface area (Å²) in [6.07, 6.45) is 0.458. The fourth-order valence-corrected chi connectivity index (χ4v) is 2.08. The molecule has 1 aliphatic heterocycles. The number of hydrogen-bond donors (Lipinski definition) is 2. The van der Waals surface area contributed by atoms with Crippen LogP contribution in [0.4, 0.5) is 5.69 Å². The summed E-state index contributed by atoms with van der Waals surface area (Å²) in [6, 6.07) is 5.78. The summed E-state index contributed by atoms with van der Waals surface area (Å²) in [5.74, 6) is -1.23. The first kappa shape index (κ1) is 13.1. The Morgan fingerprint density at radius 2 is 2.00 bits per heavy atom. The van der Waals surface area contributed by atoms with Gasteiger partial charge in [0.2, 0.25) is 11.8 Å². The first-order chi connectivity index (χ1) is 9.02. The van der Waals surface area contributed by atoms with Crippen molar-refractivity contribution in [3.63, 3.8) is 0 Å². The third-order valence-electron chi connectivity index (χ3n) is 3.06. The Labute approximate surface area is 110 Å². The molecule has 3 N–H and O–H groups in total. The van der Waals surface area contributed by atoms with Gasteiger partial charge in [-0.05, 0) is 30.7 Å². The maximum atomic E-state index is 12.3. The SMILES string of the molecule is CCC1C(=O)NC(=O)CN1C(=O)c1ccc(N)cc1. The number of carbonyl (C=O) groups is 3. The van der Waals surface area contributed by atoms with E-state index >= 15 is 0 Å². The molecule has 0 aliphatic carbocycles. The number of carbonyl (C=O) groups excluding carboxylic acids is 3. The van der Waals surface area contributed by atoms with Crippen LogP contribution in [-0.2, 0) is 9.59 Å². The number of nitrogens with zero attached hydrogens (tertiary/aromatic N) is 1. The zero-order chi connectivity index (χ0) is 14.0. The first-order valence-electron chi connectivity index (χ1n) is 6.03. The average Bonchev–Trinajstić information content (AvgIpc) is 2.38. The highest BCUT2D eigenvalue weighted by Crippen LogP contribution is 2.15. The number of amides is 3. The van der Waals surface area contributed by atoms with Gasteiger partial charge in [-0.2, -0.15) is 0 Å². The molecule has 3 amide bonds. The minimum atomic E-state index is -0.609. The number of nitrogen functional groups attached to an aromatic ring is 1. The van der Waals surface area contributed by atoms with E-state index in [1.165, 1.54) is 4.90 Å². The number of benzene rings is 1. The lowest BCUT2D eigenvalue weighted by Crippen LogP contribution is -2.59. The molecule has 0 spiro atoms. The maximum absolute atomic E-state index is 12.3. The van der Waals surface area contributed by atoms with Gasteiger partial charge in [0, 0.05) is 11.3 Å². The van der Waals surface area contributed by atoms with Crippen LogP contribution in [-0.4, -0.2) is 35.2 Å². The maximum Gasteiger partial charge on any atom is 0.255 e. The van der Waals surface area contributed by atoms with Crippen molar-refractivity contribution in [2.45, 2.75) is 19.4 Å². The molecular weight excluding hydrogens is 246 g/mol. The van der Waals surface area contributed by atoms with Crippen LogP contribution in [0.25, 0.3) is 0 Å². The molecule has 0 saturated carbocycles. The summed E-state index contributed by atoms with van der Waals surface area (Å²) in [4.78, 5) is 36.7. The third-order valence-corrected chi connectivity index (χ3v) is 3.06. The lowest BCUT2D eigenvalue weighted by Gasteiger charge is -2.33. The van der Waals surface area contributed by atoms with E-state index in [9.17, 15) is 14.4 Å². The van der Waals surface area contributed by atoms with Gasteiger partial charge in [0.15, 0.2) is 0 Å². The fraction of sp³-hybridized carbons (Fsp3) is 0.308. The predicted molar refractivity (Wildman–Crippen MR) is 69.1 cm³/mol. The zero-order valence-electron chi connectivity index (χ0n) is 10.6. The second-order valence-electron chi connectivity index (χ2n) is 4.39. The molecule has 1 aromatic rings. The molecule has 2 rings (SSSR count). The van der Waals surface area contributed by atoms with Gasteiger partial charge < -0.3 is 10.6 Å². The number of hydrogen-bond acceptors (Lipinski definition) is 4. The Hall–Kier alpha value is -2.37. The van der Waals surface area contributed by atoms with Crippen LogP contribution in [0.15, 0.2) is 24.3 Å². The monoisotopic (exact) mass is 261 g/mol. The molecule has 0 radical (unpaired) electrons. The molecule has 1 unspecified atom stereocenters. The molecule has 0 aromatic heterocycles. The molecule has 100 valence electrons. The first-order valence-corrected chi connectivity index (χ1v) is 6.03. The van der Waals surface area contributed by atoms with Crippen molar-refractivity contribution in [3.8, 4) is 0 Å². The molecule has 1 heterocycles. The van der Waals surface area contributed by atoms with Crippen molar-refractivity contribution in [1.29, 1.82) is 0 Å². The van der Waals surface area contributed by atoms with Crippen LogP contribution in [0.5, 0.6) is 0 Å². The van der Waals surface area contributed by atoms with Gasteiger partial charge in [-0.15, -0.1) is 0 Å². The quantitative estimate of drug-likeness (QED) is 0.585. The third kappa shape index (κ3) is 2.57. The zero-order valence-corrected chi connectivity index (χ0v) is 10.6. The van der Waals surface area contributed by atoms with E-state index in [-0.39, 0.29) is 12.5 Å². The summed E-state index contributed by atoms with van der Waals surface area (Å²) in [7, 11) is 0. The van der Waals surface area contributed by atoms with E-state index in [0.29, 0.717) is 17.7 Å². The summed E-state index contributed by atoms with van der Waals surface area (Å²) >= 11 is 0. The summed E-state index contributed by atoms with van der Waals surface area (Å²) < 4.78 is 0. The lowest BCUT2D eigenvalue weighted by atomic mass is 10.1. The number of nitrogens with two attached hydrogens (primary N) is 1. The molecule has 6 nitrogen and oxygen atoms in total. The summed E-state index contributed by atoms with van der Waals surface area (Å²) in [6.45, 7) is 1.69. The Morgan fingerprint density at radius 1 is 1.37 bits per heavy atom. The second-order valence-corrected chi connectivity index (χ2v) is 4.39. The number of nitrogens with one attached hydrogen (secondary N) is 1. The number of anilines is 1. The van der Waals surface area contributed by atoms with E-state index in [4.69, 9.17) is 5.73 Å². The van der Waals surface area contributed by atoms with E-state index in [0.717, 1.165) is 0 Å². The van der Waals surface area contributed by atoms with Crippen molar-refractivity contribution in [1.82, 2.24) is 10.2 Å². The van der Waals surface area contributed by atoms with Crippen molar-refractivity contribution < 1.29 is 14.4 Å².